The van der Waals surface area contributed by atoms with Crippen LogP contribution in [0, 0.1) is 6.92 Å². The van der Waals surface area contributed by atoms with Crippen molar-refractivity contribution in [1.82, 2.24) is 0 Å². The van der Waals surface area contributed by atoms with Crippen LogP contribution in [0.5, 0.6) is 5.75 Å². The molecule has 2 aromatic carbocycles. The SMILES string of the molecule is Cc1ccc(S(N)(=O)=O)c(NC(=O)c2cc(C(C)(C)C)c(O)c(C(C)(C)C)c2)c1. The first-order valence-corrected chi connectivity index (χ1v) is 10.9. The Hall–Kier alpha value is -2.38. The molecule has 158 valence electrons. The summed E-state index contributed by atoms with van der Waals surface area (Å²) in [6, 6.07) is 7.84. The van der Waals surface area contributed by atoms with E-state index in [0.29, 0.717) is 16.7 Å². The Morgan fingerprint density at radius 2 is 1.45 bits per heavy atom. The van der Waals surface area contributed by atoms with E-state index in [2.05, 4.69) is 5.32 Å². The lowest BCUT2D eigenvalue weighted by Crippen LogP contribution is -2.22. The highest BCUT2D eigenvalue weighted by molar-refractivity contribution is 7.89. The maximum Gasteiger partial charge on any atom is 0.255 e. The van der Waals surface area contributed by atoms with Gasteiger partial charge < -0.3 is 10.4 Å². The summed E-state index contributed by atoms with van der Waals surface area (Å²) in [5.41, 5.74) is 1.74. The van der Waals surface area contributed by atoms with Gasteiger partial charge in [0.2, 0.25) is 10.0 Å². The van der Waals surface area contributed by atoms with Crippen molar-refractivity contribution in [3.63, 3.8) is 0 Å². The third kappa shape index (κ3) is 5.16. The van der Waals surface area contributed by atoms with Crippen molar-refractivity contribution in [3.8, 4) is 5.75 Å². The molecule has 0 fully saturated rings. The summed E-state index contributed by atoms with van der Waals surface area (Å²) in [6.45, 7) is 13.5. The van der Waals surface area contributed by atoms with Crippen LogP contribution in [0.3, 0.4) is 0 Å². The molecule has 0 aliphatic heterocycles. The normalized spacial score (nSPS) is 12.7. The molecular weight excluding hydrogens is 388 g/mol. The van der Waals surface area contributed by atoms with Crippen LogP contribution in [-0.2, 0) is 20.9 Å². The van der Waals surface area contributed by atoms with Gasteiger partial charge in [0.15, 0.2) is 0 Å². The number of primary sulfonamides is 1. The number of hydrogen-bond acceptors (Lipinski definition) is 4. The summed E-state index contributed by atoms with van der Waals surface area (Å²) < 4.78 is 23.8. The van der Waals surface area contributed by atoms with Gasteiger partial charge in [0.05, 0.1) is 5.69 Å². The van der Waals surface area contributed by atoms with Crippen molar-refractivity contribution < 1.29 is 18.3 Å². The number of anilines is 1. The number of phenolic OH excluding ortho intramolecular Hbond substituents is 1. The molecule has 2 aromatic rings. The Labute approximate surface area is 173 Å². The van der Waals surface area contributed by atoms with Crippen LogP contribution in [0.4, 0.5) is 5.69 Å². The smallest absolute Gasteiger partial charge is 0.255 e. The highest BCUT2D eigenvalue weighted by Gasteiger charge is 2.28. The van der Waals surface area contributed by atoms with Crippen molar-refractivity contribution in [1.29, 1.82) is 0 Å². The molecule has 0 bridgehead atoms. The lowest BCUT2D eigenvalue weighted by molar-refractivity contribution is 0.102. The van der Waals surface area contributed by atoms with Crippen molar-refractivity contribution in [2.24, 2.45) is 5.14 Å². The van der Waals surface area contributed by atoms with Gasteiger partial charge in [0.25, 0.3) is 5.91 Å². The number of carbonyl (C=O) groups excluding carboxylic acids is 1. The molecule has 0 saturated carbocycles. The molecule has 0 radical (unpaired) electrons. The summed E-state index contributed by atoms with van der Waals surface area (Å²) in [7, 11) is -4.00. The third-order valence-corrected chi connectivity index (χ3v) is 5.65. The molecule has 7 heteroatoms. The quantitative estimate of drug-likeness (QED) is 0.694. The second-order valence-corrected chi connectivity index (χ2v) is 10.9. The molecule has 0 heterocycles. The van der Waals surface area contributed by atoms with Gasteiger partial charge in [-0.05, 0) is 47.6 Å². The number of rotatable bonds is 3. The zero-order valence-electron chi connectivity index (χ0n) is 18.0. The number of carbonyl (C=O) groups is 1. The summed E-state index contributed by atoms with van der Waals surface area (Å²) in [5, 5.41) is 18.8. The number of aromatic hydroxyl groups is 1. The molecular formula is C22H30N2O4S. The molecule has 0 aliphatic rings. The molecule has 1 amide bonds. The summed E-state index contributed by atoms with van der Waals surface area (Å²) >= 11 is 0. The van der Waals surface area contributed by atoms with Gasteiger partial charge in [-0.15, -0.1) is 0 Å². The first kappa shape index (κ1) is 22.9. The van der Waals surface area contributed by atoms with Crippen LogP contribution in [0.1, 0.15) is 68.6 Å². The van der Waals surface area contributed by atoms with Gasteiger partial charge >= 0.3 is 0 Å². The Morgan fingerprint density at radius 1 is 0.966 bits per heavy atom. The van der Waals surface area contributed by atoms with Gasteiger partial charge in [-0.1, -0.05) is 47.6 Å². The van der Waals surface area contributed by atoms with E-state index in [1.54, 1.807) is 31.2 Å². The van der Waals surface area contributed by atoms with Crippen molar-refractivity contribution >= 4 is 21.6 Å². The van der Waals surface area contributed by atoms with Gasteiger partial charge in [-0.2, -0.15) is 0 Å². The molecule has 29 heavy (non-hydrogen) atoms. The minimum Gasteiger partial charge on any atom is -0.507 e. The zero-order chi connectivity index (χ0) is 22.4. The lowest BCUT2D eigenvalue weighted by atomic mass is 9.78. The van der Waals surface area contributed by atoms with Crippen LogP contribution in [0.25, 0.3) is 0 Å². The first-order valence-electron chi connectivity index (χ1n) is 9.34. The van der Waals surface area contributed by atoms with Crippen molar-refractivity contribution in [2.75, 3.05) is 5.32 Å². The van der Waals surface area contributed by atoms with E-state index < -0.39 is 26.8 Å². The fourth-order valence-electron chi connectivity index (χ4n) is 3.09. The zero-order valence-corrected chi connectivity index (χ0v) is 18.9. The van der Waals surface area contributed by atoms with Crippen LogP contribution < -0.4 is 10.5 Å². The maximum absolute atomic E-state index is 13.0. The first-order chi connectivity index (χ1) is 13.0. The molecule has 6 nitrogen and oxygen atoms in total. The van der Waals surface area contributed by atoms with E-state index in [1.165, 1.54) is 6.07 Å². The topological polar surface area (TPSA) is 109 Å². The molecule has 0 unspecified atom stereocenters. The number of nitrogens with one attached hydrogen (secondary N) is 1. The largest absolute Gasteiger partial charge is 0.507 e. The van der Waals surface area contributed by atoms with Gasteiger partial charge in [0.1, 0.15) is 10.6 Å². The van der Waals surface area contributed by atoms with Gasteiger partial charge in [-0.3, -0.25) is 4.79 Å². The second kappa shape index (κ2) is 7.46. The Bertz CT molecular complexity index is 1020. The van der Waals surface area contributed by atoms with Gasteiger partial charge in [0, 0.05) is 16.7 Å². The number of benzene rings is 2. The highest BCUT2D eigenvalue weighted by Crippen LogP contribution is 2.40. The number of amides is 1. The predicted octanol–water partition coefficient (Wildman–Crippen LogP) is 4.20. The molecule has 0 saturated heterocycles. The number of nitrogens with two attached hydrogens (primary N) is 1. The maximum atomic E-state index is 13.0. The van der Waals surface area contributed by atoms with E-state index in [1.807, 2.05) is 41.5 Å². The fraction of sp³-hybridized carbons (Fsp3) is 0.409. The summed E-state index contributed by atoms with van der Waals surface area (Å²) in [6.07, 6.45) is 0. The van der Waals surface area contributed by atoms with E-state index in [-0.39, 0.29) is 16.3 Å². The average Bonchev–Trinajstić information content (AvgIpc) is 2.51. The fourth-order valence-corrected chi connectivity index (χ4v) is 3.77. The molecule has 0 atom stereocenters. The third-order valence-electron chi connectivity index (χ3n) is 4.68. The van der Waals surface area contributed by atoms with Crippen LogP contribution in [-0.4, -0.2) is 19.4 Å². The standard InChI is InChI=1S/C22H30N2O4S/c1-13-8-9-18(29(23,27)28)17(10-13)24-20(26)14-11-15(21(2,3)4)19(25)16(12-14)22(5,6)7/h8-12,25H,1-7H3,(H,24,26)(H2,23,27,28). The van der Waals surface area contributed by atoms with E-state index >= 15 is 0 Å². The van der Waals surface area contributed by atoms with E-state index in [4.69, 9.17) is 5.14 Å². The molecule has 0 aromatic heterocycles. The van der Waals surface area contributed by atoms with Crippen molar-refractivity contribution in [2.45, 2.75) is 64.2 Å². The Balaban J connectivity index is 2.62. The summed E-state index contributed by atoms with van der Waals surface area (Å²) in [5.74, 6) is -0.307. The molecule has 4 N–H and O–H groups in total. The van der Waals surface area contributed by atoms with Crippen LogP contribution in [0.2, 0.25) is 0 Å². The average molecular weight is 419 g/mol. The van der Waals surface area contributed by atoms with E-state index in [0.717, 1.165) is 5.56 Å². The Kier molecular flexibility index (Phi) is 5.89. The molecule has 0 aliphatic carbocycles. The second-order valence-electron chi connectivity index (χ2n) is 9.42. The Morgan fingerprint density at radius 3 is 1.86 bits per heavy atom. The van der Waals surface area contributed by atoms with E-state index in [9.17, 15) is 18.3 Å². The highest BCUT2D eigenvalue weighted by atomic mass is 32.2. The van der Waals surface area contributed by atoms with Crippen LogP contribution >= 0.6 is 0 Å². The number of hydrogen-bond donors (Lipinski definition) is 3. The minimum absolute atomic E-state index is 0.125. The number of sulfonamides is 1. The van der Waals surface area contributed by atoms with Crippen LogP contribution in [0.15, 0.2) is 35.2 Å². The monoisotopic (exact) mass is 418 g/mol. The van der Waals surface area contributed by atoms with Crippen molar-refractivity contribution in [3.05, 3.63) is 52.6 Å². The predicted molar refractivity (Wildman–Crippen MR) is 116 cm³/mol. The number of phenols is 1. The van der Waals surface area contributed by atoms with Gasteiger partial charge in [-0.25, -0.2) is 13.6 Å². The molecule has 0 spiro atoms. The lowest BCUT2D eigenvalue weighted by Gasteiger charge is -2.28. The summed E-state index contributed by atoms with van der Waals surface area (Å²) in [4.78, 5) is 12.9. The minimum atomic E-state index is -4.00. The molecule has 2 rings (SSSR count). The number of aryl methyl sites for hydroxylation is 1.